The number of likely N-dealkylation sites (N-methyl/N-ethyl adjacent to an activating group) is 1. The smallest absolute Gasteiger partial charge is 0.250 e. The first kappa shape index (κ1) is 34.1. The van der Waals surface area contributed by atoms with Crippen molar-refractivity contribution in [3.8, 4) is 11.1 Å². The number of benzene rings is 3. The fourth-order valence-corrected chi connectivity index (χ4v) is 5.28. The number of amides is 4. The second-order valence-electron chi connectivity index (χ2n) is 12.7. The highest BCUT2D eigenvalue weighted by atomic mass is 16.2. The first-order chi connectivity index (χ1) is 22.0. The molecule has 0 aliphatic carbocycles. The molecule has 0 fully saturated rings. The van der Waals surface area contributed by atoms with Crippen molar-refractivity contribution in [2.45, 2.75) is 58.7 Å². The number of carbonyl (C=O) groups excluding carboxylic acids is 4. The molecule has 9 heteroatoms. The van der Waals surface area contributed by atoms with E-state index in [4.69, 9.17) is 0 Å². The minimum atomic E-state index is -0.866. The highest BCUT2D eigenvalue weighted by Crippen LogP contribution is 2.23. The van der Waals surface area contributed by atoms with Crippen LogP contribution in [0.25, 0.3) is 11.1 Å². The zero-order valence-corrected chi connectivity index (χ0v) is 27.3. The van der Waals surface area contributed by atoms with Crippen molar-refractivity contribution in [2.24, 2.45) is 5.41 Å². The lowest BCUT2D eigenvalue weighted by Gasteiger charge is -2.36. The van der Waals surface area contributed by atoms with Gasteiger partial charge >= 0.3 is 0 Å². The summed E-state index contributed by atoms with van der Waals surface area (Å²) in [7, 11) is 1.67. The van der Waals surface area contributed by atoms with Gasteiger partial charge in [0.2, 0.25) is 23.6 Å². The van der Waals surface area contributed by atoms with Gasteiger partial charge in [-0.1, -0.05) is 106 Å². The molecule has 3 N–H and O–H groups in total. The van der Waals surface area contributed by atoms with Gasteiger partial charge in [0, 0.05) is 25.4 Å². The van der Waals surface area contributed by atoms with E-state index in [-0.39, 0.29) is 18.4 Å². The third-order valence-corrected chi connectivity index (χ3v) is 8.23. The molecule has 4 amide bonds. The summed E-state index contributed by atoms with van der Waals surface area (Å²) < 4.78 is 0. The van der Waals surface area contributed by atoms with Gasteiger partial charge in [0.1, 0.15) is 12.1 Å². The monoisotopic (exact) mass is 623 g/mol. The number of nitrogens with one attached hydrogen (secondary N) is 3. The molecule has 1 heterocycles. The maximum Gasteiger partial charge on any atom is 0.250 e. The normalized spacial score (nSPS) is 16.1. The van der Waals surface area contributed by atoms with Crippen LogP contribution >= 0.6 is 0 Å². The molecule has 0 bridgehead atoms. The lowest BCUT2D eigenvalue weighted by atomic mass is 9.86. The second-order valence-corrected chi connectivity index (χ2v) is 12.7. The maximum atomic E-state index is 13.9. The van der Waals surface area contributed by atoms with Gasteiger partial charge in [-0.05, 0) is 48.1 Å². The van der Waals surface area contributed by atoms with Crippen molar-refractivity contribution < 1.29 is 19.2 Å². The largest absolute Gasteiger partial charge is 0.345 e. The summed E-state index contributed by atoms with van der Waals surface area (Å²) in [4.78, 5) is 56.4. The highest BCUT2D eigenvalue weighted by molar-refractivity contribution is 5.94. The van der Waals surface area contributed by atoms with Gasteiger partial charge in [-0.25, -0.2) is 0 Å². The molecule has 0 saturated heterocycles. The molecule has 9 nitrogen and oxygen atoms in total. The summed E-state index contributed by atoms with van der Waals surface area (Å²) in [5, 5.41) is 8.37. The van der Waals surface area contributed by atoms with E-state index in [1.165, 1.54) is 4.90 Å². The number of carbonyl (C=O) groups is 4. The molecule has 3 atom stereocenters. The van der Waals surface area contributed by atoms with E-state index < -0.39 is 35.4 Å². The molecule has 4 rings (SSSR count). The second kappa shape index (κ2) is 15.5. The van der Waals surface area contributed by atoms with Crippen molar-refractivity contribution in [3.05, 3.63) is 108 Å². The summed E-state index contributed by atoms with van der Waals surface area (Å²) in [6.07, 6.45) is 4.24. The Morgan fingerprint density at radius 2 is 1.41 bits per heavy atom. The van der Waals surface area contributed by atoms with Crippen molar-refractivity contribution in [2.75, 3.05) is 20.1 Å². The van der Waals surface area contributed by atoms with Gasteiger partial charge < -0.3 is 25.8 Å². The fraction of sp³-hybridized carbons (Fsp3) is 0.351. The average Bonchev–Trinajstić information content (AvgIpc) is 3.06. The Hall–Kier alpha value is -4.76. The van der Waals surface area contributed by atoms with E-state index in [2.05, 4.69) is 16.0 Å². The maximum absolute atomic E-state index is 13.9. The number of hydrogen-bond donors (Lipinski definition) is 3. The lowest BCUT2D eigenvalue weighted by Crippen LogP contribution is -2.58. The van der Waals surface area contributed by atoms with Crippen molar-refractivity contribution in [3.63, 3.8) is 0 Å². The molecule has 0 radical (unpaired) electrons. The first-order valence-electron chi connectivity index (χ1n) is 15.7. The van der Waals surface area contributed by atoms with Gasteiger partial charge in [-0.15, -0.1) is 0 Å². The van der Waals surface area contributed by atoms with Crippen molar-refractivity contribution in [1.29, 1.82) is 0 Å². The van der Waals surface area contributed by atoms with Crippen LogP contribution < -0.4 is 16.0 Å². The molecule has 0 unspecified atom stereocenters. The molecular weight excluding hydrogens is 578 g/mol. The SMILES string of the molecule is CN[C@@H](C)C(=O)N[C@H](C(=O)NCC(=O)N1C=CN(CCc2ccccc2)C(=O)[C@@H]1Cc1ccc(-c2ccccc2)cc1)C(C)(C)C. The average molecular weight is 624 g/mol. The molecule has 3 aromatic carbocycles. The van der Waals surface area contributed by atoms with E-state index in [0.29, 0.717) is 19.4 Å². The van der Waals surface area contributed by atoms with E-state index >= 15 is 0 Å². The van der Waals surface area contributed by atoms with Crippen LogP contribution in [0.15, 0.2) is 97.3 Å². The summed E-state index contributed by atoms with van der Waals surface area (Å²) in [5.41, 5.74) is 3.57. The van der Waals surface area contributed by atoms with Crippen LogP contribution in [0.1, 0.15) is 38.8 Å². The van der Waals surface area contributed by atoms with E-state index in [9.17, 15) is 19.2 Å². The van der Waals surface area contributed by atoms with Crippen LogP contribution in [0.3, 0.4) is 0 Å². The standard InChI is InChI=1S/C37H45N5O4/c1-26(38-5)34(44)40-33(37(2,3)4)35(45)39-25-32(43)42-23-22-41(21-20-27-12-8-6-9-13-27)36(46)31(42)24-28-16-18-30(19-17-28)29-14-10-7-11-15-29/h6-19,22-23,26,31,33,38H,20-21,24-25H2,1-5H3,(H,39,45)(H,40,44)/t26-,31-,33+/m0/s1. The Labute approximate surface area is 272 Å². The molecule has 1 aliphatic rings. The van der Waals surface area contributed by atoms with E-state index in [0.717, 1.165) is 22.3 Å². The van der Waals surface area contributed by atoms with E-state index in [1.807, 2.05) is 106 Å². The minimum Gasteiger partial charge on any atom is -0.345 e. The number of rotatable bonds is 12. The van der Waals surface area contributed by atoms with Crippen molar-refractivity contribution >= 4 is 23.6 Å². The summed E-state index contributed by atoms with van der Waals surface area (Å²) in [6, 6.07) is 25.8. The van der Waals surface area contributed by atoms with Gasteiger partial charge in [-0.3, -0.25) is 19.2 Å². The Kier molecular flexibility index (Phi) is 11.5. The summed E-state index contributed by atoms with van der Waals surface area (Å²) >= 11 is 0. The molecule has 3 aromatic rings. The zero-order valence-electron chi connectivity index (χ0n) is 27.3. The predicted octanol–water partition coefficient (Wildman–Crippen LogP) is 3.90. The van der Waals surface area contributed by atoms with Crippen LogP contribution in [-0.4, -0.2) is 71.7 Å². The van der Waals surface area contributed by atoms with Gasteiger partial charge in [0.05, 0.1) is 12.6 Å². The third kappa shape index (κ3) is 8.91. The van der Waals surface area contributed by atoms with Crippen LogP contribution in [0.5, 0.6) is 0 Å². The first-order valence-corrected chi connectivity index (χ1v) is 15.7. The van der Waals surface area contributed by atoms with Crippen molar-refractivity contribution in [1.82, 2.24) is 25.8 Å². The molecule has 0 aromatic heterocycles. The summed E-state index contributed by atoms with van der Waals surface area (Å²) in [6.45, 7) is 7.39. The van der Waals surface area contributed by atoms with Gasteiger partial charge in [0.15, 0.2) is 0 Å². The minimum absolute atomic E-state index is 0.189. The van der Waals surface area contributed by atoms with Crippen LogP contribution in [0.2, 0.25) is 0 Å². The number of nitrogens with zero attached hydrogens (tertiary/aromatic N) is 2. The van der Waals surface area contributed by atoms with E-state index in [1.54, 1.807) is 31.3 Å². The Morgan fingerprint density at radius 1 is 0.804 bits per heavy atom. The Bertz CT molecular complexity index is 1520. The molecule has 1 aliphatic heterocycles. The molecule has 242 valence electrons. The fourth-order valence-electron chi connectivity index (χ4n) is 5.28. The quantitative estimate of drug-likeness (QED) is 0.284. The zero-order chi connectivity index (χ0) is 33.3. The molecule has 0 saturated carbocycles. The Morgan fingerprint density at radius 3 is 2.02 bits per heavy atom. The van der Waals surface area contributed by atoms with Crippen LogP contribution in [0, 0.1) is 5.41 Å². The summed E-state index contributed by atoms with van der Waals surface area (Å²) in [5.74, 6) is -1.40. The van der Waals surface area contributed by atoms with Gasteiger partial charge in [-0.2, -0.15) is 0 Å². The van der Waals surface area contributed by atoms with Gasteiger partial charge in [0.25, 0.3) is 0 Å². The molecular formula is C37H45N5O4. The van der Waals surface area contributed by atoms with Crippen LogP contribution in [-0.2, 0) is 32.0 Å². The topological polar surface area (TPSA) is 111 Å². The number of hydrogen-bond acceptors (Lipinski definition) is 5. The highest BCUT2D eigenvalue weighted by Gasteiger charge is 2.37. The molecule has 46 heavy (non-hydrogen) atoms. The third-order valence-electron chi connectivity index (χ3n) is 8.23. The molecule has 0 spiro atoms. The Balaban J connectivity index is 1.51. The predicted molar refractivity (Wildman–Crippen MR) is 180 cm³/mol. The lowest BCUT2D eigenvalue weighted by molar-refractivity contribution is -0.143. The van der Waals surface area contributed by atoms with Crippen LogP contribution in [0.4, 0.5) is 0 Å².